The van der Waals surface area contributed by atoms with Crippen molar-refractivity contribution >= 4 is 0 Å². The van der Waals surface area contributed by atoms with Crippen LogP contribution >= 0.6 is 0 Å². The van der Waals surface area contributed by atoms with Crippen molar-refractivity contribution in [1.82, 2.24) is 4.90 Å². The first-order chi connectivity index (χ1) is 8.18. The predicted octanol–water partition coefficient (Wildman–Crippen LogP) is 2.46. The zero-order valence-electron chi connectivity index (χ0n) is 10.8. The van der Waals surface area contributed by atoms with Gasteiger partial charge in [0, 0.05) is 12.1 Å². The highest BCUT2D eigenvalue weighted by Gasteiger charge is 2.31. The summed E-state index contributed by atoms with van der Waals surface area (Å²) >= 11 is 0. The molecule has 1 fully saturated rings. The van der Waals surface area contributed by atoms with E-state index in [9.17, 15) is 5.11 Å². The molecular formula is C15H23NO. The van der Waals surface area contributed by atoms with Gasteiger partial charge in [-0.1, -0.05) is 30.3 Å². The number of hydrogen-bond acceptors (Lipinski definition) is 2. The van der Waals surface area contributed by atoms with E-state index in [2.05, 4.69) is 43.0 Å². The lowest BCUT2D eigenvalue weighted by molar-refractivity contribution is -0.00471. The molecule has 1 aromatic rings. The summed E-state index contributed by atoms with van der Waals surface area (Å²) in [6.07, 6.45) is 2.84. The molecule has 17 heavy (non-hydrogen) atoms. The van der Waals surface area contributed by atoms with Crippen LogP contribution in [0.15, 0.2) is 30.3 Å². The highest BCUT2D eigenvalue weighted by molar-refractivity contribution is 5.16. The molecule has 2 heteroatoms. The second kappa shape index (κ2) is 5.65. The number of rotatable bonds is 3. The molecule has 0 aromatic heterocycles. The van der Waals surface area contributed by atoms with Gasteiger partial charge in [-0.3, -0.25) is 4.90 Å². The first kappa shape index (κ1) is 12.6. The second-order valence-electron chi connectivity index (χ2n) is 5.30. The summed E-state index contributed by atoms with van der Waals surface area (Å²) in [7, 11) is 0. The molecule has 0 amide bonds. The van der Waals surface area contributed by atoms with E-state index in [1.165, 1.54) is 5.56 Å². The third-order valence-corrected chi connectivity index (χ3v) is 3.74. The lowest BCUT2D eigenvalue weighted by atomic mass is 9.92. The molecule has 2 rings (SSSR count). The van der Waals surface area contributed by atoms with Crippen LogP contribution in [0.2, 0.25) is 0 Å². The van der Waals surface area contributed by atoms with Crippen LogP contribution in [0, 0.1) is 0 Å². The van der Waals surface area contributed by atoms with Gasteiger partial charge in [-0.05, 0) is 45.2 Å². The van der Waals surface area contributed by atoms with Crippen molar-refractivity contribution in [2.24, 2.45) is 0 Å². The topological polar surface area (TPSA) is 23.5 Å². The molecule has 0 unspecified atom stereocenters. The summed E-state index contributed by atoms with van der Waals surface area (Å²) in [5, 5.41) is 10.2. The number of piperidine rings is 1. The molecule has 0 radical (unpaired) electrons. The Bertz CT molecular complexity index is 336. The van der Waals surface area contributed by atoms with E-state index in [0.29, 0.717) is 6.04 Å². The minimum absolute atomic E-state index is 0.175. The molecular weight excluding hydrogens is 210 g/mol. The standard InChI is InChI=1S/C15H23NO/c1-12(2)16-10-6-9-15(17)14(16)11-13-7-4-3-5-8-13/h3-5,7-8,12,14-15,17H,6,9-11H2,1-2H3/t14-,15-/m0/s1. The van der Waals surface area contributed by atoms with Crippen LogP contribution in [0.4, 0.5) is 0 Å². The zero-order valence-corrected chi connectivity index (χ0v) is 10.8. The molecule has 94 valence electrons. The van der Waals surface area contributed by atoms with Gasteiger partial charge < -0.3 is 5.11 Å². The van der Waals surface area contributed by atoms with E-state index in [4.69, 9.17) is 0 Å². The quantitative estimate of drug-likeness (QED) is 0.867. The monoisotopic (exact) mass is 233 g/mol. The van der Waals surface area contributed by atoms with Crippen molar-refractivity contribution < 1.29 is 5.11 Å². The normalized spacial score (nSPS) is 26.4. The molecule has 2 nitrogen and oxygen atoms in total. The Morgan fingerprint density at radius 1 is 1.29 bits per heavy atom. The van der Waals surface area contributed by atoms with Gasteiger partial charge in [0.15, 0.2) is 0 Å². The van der Waals surface area contributed by atoms with Crippen molar-refractivity contribution in [3.8, 4) is 0 Å². The molecule has 1 aliphatic heterocycles. The zero-order chi connectivity index (χ0) is 12.3. The van der Waals surface area contributed by atoms with Crippen LogP contribution in [0.3, 0.4) is 0 Å². The molecule has 1 heterocycles. The number of nitrogens with zero attached hydrogens (tertiary/aromatic N) is 1. The molecule has 0 aliphatic carbocycles. The summed E-state index contributed by atoms with van der Waals surface area (Å²) in [6.45, 7) is 5.55. The minimum Gasteiger partial charge on any atom is -0.391 e. The van der Waals surface area contributed by atoms with Crippen LogP contribution in [0.25, 0.3) is 0 Å². The van der Waals surface area contributed by atoms with Gasteiger partial charge in [-0.2, -0.15) is 0 Å². The fourth-order valence-electron chi connectivity index (χ4n) is 2.81. The third-order valence-electron chi connectivity index (χ3n) is 3.74. The molecule has 0 saturated carbocycles. The molecule has 1 N–H and O–H groups in total. The van der Waals surface area contributed by atoms with Gasteiger partial charge in [0.05, 0.1) is 6.10 Å². The van der Waals surface area contributed by atoms with Gasteiger partial charge in [0.25, 0.3) is 0 Å². The molecule has 2 atom stereocenters. The number of hydrogen-bond donors (Lipinski definition) is 1. The van der Waals surface area contributed by atoms with E-state index >= 15 is 0 Å². The maximum atomic E-state index is 10.2. The minimum atomic E-state index is -0.175. The SMILES string of the molecule is CC(C)N1CCC[C@H](O)[C@@H]1Cc1ccccc1. The third kappa shape index (κ3) is 3.08. The van der Waals surface area contributed by atoms with E-state index in [1.807, 2.05) is 6.07 Å². The van der Waals surface area contributed by atoms with E-state index in [-0.39, 0.29) is 12.1 Å². The molecule has 0 bridgehead atoms. The number of likely N-dealkylation sites (tertiary alicyclic amines) is 1. The van der Waals surface area contributed by atoms with E-state index in [0.717, 1.165) is 25.8 Å². The van der Waals surface area contributed by atoms with Crippen molar-refractivity contribution in [3.63, 3.8) is 0 Å². The van der Waals surface area contributed by atoms with E-state index in [1.54, 1.807) is 0 Å². The summed E-state index contributed by atoms with van der Waals surface area (Å²) in [5.41, 5.74) is 1.32. The molecule has 0 spiro atoms. The van der Waals surface area contributed by atoms with Crippen molar-refractivity contribution in [3.05, 3.63) is 35.9 Å². The molecule has 1 aliphatic rings. The lowest BCUT2D eigenvalue weighted by Crippen LogP contribution is -2.52. The largest absolute Gasteiger partial charge is 0.391 e. The van der Waals surface area contributed by atoms with Crippen molar-refractivity contribution in [2.45, 2.75) is 51.3 Å². The molecule has 1 aromatic carbocycles. The predicted molar refractivity (Wildman–Crippen MR) is 71.0 cm³/mol. The Balaban J connectivity index is 2.09. The van der Waals surface area contributed by atoms with Gasteiger partial charge in [0.1, 0.15) is 0 Å². The Labute approximate surface area is 104 Å². The van der Waals surface area contributed by atoms with Crippen LogP contribution in [-0.2, 0) is 6.42 Å². The van der Waals surface area contributed by atoms with Gasteiger partial charge in [0.2, 0.25) is 0 Å². The van der Waals surface area contributed by atoms with E-state index < -0.39 is 0 Å². The summed E-state index contributed by atoms with van der Waals surface area (Å²) in [5.74, 6) is 0. The Morgan fingerprint density at radius 2 is 2.00 bits per heavy atom. The lowest BCUT2D eigenvalue weighted by Gasteiger charge is -2.41. The fraction of sp³-hybridized carbons (Fsp3) is 0.600. The van der Waals surface area contributed by atoms with Crippen LogP contribution in [-0.4, -0.2) is 34.7 Å². The van der Waals surface area contributed by atoms with Crippen molar-refractivity contribution in [2.75, 3.05) is 6.54 Å². The Morgan fingerprint density at radius 3 is 2.65 bits per heavy atom. The maximum Gasteiger partial charge on any atom is 0.0699 e. The average molecular weight is 233 g/mol. The molecule has 1 saturated heterocycles. The number of aliphatic hydroxyl groups excluding tert-OH is 1. The second-order valence-corrected chi connectivity index (χ2v) is 5.30. The first-order valence-electron chi connectivity index (χ1n) is 6.66. The van der Waals surface area contributed by atoms with Crippen LogP contribution in [0.1, 0.15) is 32.3 Å². The van der Waals surface area contributed by atoms with Crippen LogP contribution < -0.4 is 0 Å². The fourth-order valence-corrected chi connectivity index (χ4v) is 2.81. The Kier molecular flexibility index (Phi) is 4.19. The number of benzene rings is 1. The summed E-state index contributed by atoms with van der Waals surface area (Å²) < 4.78 is 0. The van der Waals surface area contributed by atoms with Crippen LogP contribution in [0.5, 0.6) is 0 Å². The first-order valence-corrected chi connectivity index (χ1v) is 6.66. The highest BCUT2D eigenvalue weighted by atomic mass is 16.3. The maximum absolute atomic E-state index is 10.2. The van der Waals surface area contributed by atoms with Gasteiger partial charge in [-0.25, -0.2) is 0 Å². The summed E-state index contributed by atoms with van der Waals surface area (Å²) in [4.78, 5) is 2.45. The van der Waals surface area contributed by atoms with Gasteiger partial charge in [-0.15, -0.1) is 0 Å². The van der Waals surface area contributed by atoms with Gasteiger partial charge >= 0.3 is 0 Å². The van der Waals surface area contributed by atoms with Crippen molar-refractivity contribution in [1.29, 1.82) is 0 Å². The average Bonchev–Trinajstić information content (AvgIpc) is 2.33. The highest BCUT2D eigenvalue weighted by Crippen LogP contribution is 2.23. The summed E-state index contributed by atoms with van der Waals surface area (Å²) in [6, 6.07) is 11.3. The smallest absolute Gasteiger partial charge is 0.0699 e. The number of aliphatic hydroxyl groups is 1. The Hall–Kier alpha value is -0.860.